The average Bonchev–Trinajstić information content (AvgIpc) is 2.76. The Kier molecular flexibility index (Phi) is 8.02. The van der Waals surface area contributed by atoms with Crippen LogP contribution in [0, 0.1) is 5.92 Å². The molecule has 7 nitrogen and oxygen atoms in total. The van der Waals surface area contributed by atoms with Gasteiger partial charge in [-0.05, 0) is 62.7 Å². The zero-order valence-electron chi connectivity index (χ0n) is 18.3. The summed E-state index contributed by atoms with van der Waals surface area (Å²) >= 11 is 0. The Labute approximate surface area is 179 Å². The fourth-order valence-corrected chi connectivity index (χ4v) is 3.48. The molecular formula is C23H33N5O2. The van der Waals surface area contributed by atoms with Gasteiger partial charge in [0.2, 0.25) is 0 Å². The maximum absolute atomic E-state index is 13.1. The van der Waals surface area contributed by atoms with E-state index in [0.717, 1.165) is 37.2 Å². The first-order valence-electron chi connectivity index (χ1n) is 10.7. The summed E-state index contributed by atoms with van der Waals surface area (Å²) in [6.07, 6.45) is 5.35. The van der Waals surface area contributed by atoms with Crippen LogP contribution in [0.3, 0.4) is 0 Å². The van der Waals surface area contributed by atoms with E-state index < -0.39 is 0 Å². The van der Waals surface area contributed by atoms with E-state index in [-0.39, 0.29) is 12.1 Å². The van der Waals surface area contributed by atoms with Crippen LogP contribution in [0.1, 0.15) is 38.1 Å². The molecule has 30 heavy (non-hydrogen) atoms. The number of ether oxygens (including phenoxy) is 1. The Morgan fingerprint density at radius 2 is 1.87 bits per heavy atom. The van der Waals surface area contributed by atoms with Crippen LogP contribution in [0.4, 0.5) is 4.79 Å². The Bertz CT molecular complexity index is 774. The lowest BCUT2D eigenvalue weighted by Gasteiger charge is -2.37. The van der Waals surface area contributed by atoms with Crippen molar-refractivity contribution in [2.75, 3.05) is 26.7 Å². The van der Waals surface area contributed by atoms with E-state index in [0.29, 0.717) is 31.4 Å². The minimum atomic E-state index is -0.0721. The van der Waals surface area contributed by atoms with Gasteiger partial charge in [0.1, 0.15) is 11.6 Å². The minimum Gasteiger partial charge on any atom is -0.493 e. The molecule has 0 aliphatic carbocycles. The number of rotatable bonds is 8. The number of urea groups is 1. The number of carbonyl (C=O) groups excluding carboxylic acids is 1. The Hall–Kier alpha value is -2.67. The summed E-state index contributed by atoms with van der Waals surface area (Å²) in [7, 11) is 2.12. The van der Waals surface area contributed by atoms with Crippen molar-refractivity contribution in [1.82, 2.24) is 25.1 Å². The maximum Gasteiger partial charge on any atom is 0.318 e. The summed E-state index contributed by atoms with van der Waals surface area (Å²) in [5.41, 5.74) is 1.04. The van der Waals surface area contributed by atoms with Crippen molar-refractivity contribution in [1.29, 1.82) is 0 Å². The molecule has 1 aromatic heterocycles. The number of nitrogens with zero attached hydrogens (tertiary/aromatic N) is 4. The molecule has 2 heterocycles. The number of carbonyl (C=O) groups is 1. The fourth-order valence-electron chi connectivity index (χ4n) is 3.48. The number of benzene rings is 1. The number of hydrogen-bond acceptors (Lipinski definition) is 5. The summed E-state index contributed by atoms with van der Waals surface area (Å²) in [6, 6.07) is 9.81. The van der Waals surface area contributed by atoms with Crippen molar-refractivity contribution in [2.45, 2.75) is 45.8 Å². The van der Waals surface area contributed by atoms with Crippen LogP contribution in [0.25, 0.3) is 0 Å². The van der Waals surface area contributed by atoms with E-state index in [1.54, 1.807) is 18.5 Å². The number of aromatic nitrogens is 2. The zero-order chi connectivity index (χ0) is 21.3. The molecule has 0 saturated carbocycles. The monoisotopic (exact) mass is 411 g/mol. The van der Waals surface area contributed by atoms with Gasteiger partial charge in [-0.15, -0.1) is 0 Å². The van der Waals surface area contributed by atoms with E-state index in [1.807, 2.05) is 29.2 Å². The fraction of sp³-hybridized carbons (Fsp3) is 0.522. The standard InChI is InChI=1S/C23H33N5O2/c1-18(2)17-30-21-7-5-19(6-8-21)15-26-23(29)28(16-22-24-11-4-12-25-22)20-9-13-27(3)14-10-20/h4-8,11-12,18,20H,9-10,13-17H2,1-3H3,(H,26,29). The molecule has 2 amide bonds. The highest BCUT2D eigenvalue weighted by atomic mass is 16.5. The predicted octanol–water partition coefficient (Wildman–Crippen LogP) is 3.32. The van der Waals surface area contributed by atoms with Crippen molar-refractivity contribution in [2.24, 2.45) is 5.92 Å². The molecule has 0 unspecified atom stereocenters. The number of piperidine rings is 1. The van der Waals surface area contributed by atoms with Gasteiger partial charge in [-0.3, -0.25) is 0 Å². The van der Waals surface area contributed by atoms with Gasteiger partial charge in [-0.25, -0.2) is 14.8 Å². The van der Waals surface area contributed by atoms with E-state index in [9.17, 15) is 4.79 Å². The lowest BCUT2D eigenvalue weighted by molar-refractivity contribution is 0.125. The summed E-state index contributed by atoms with van der Waals surface area (Å²) in [5, 5.41) is 3.07. The van der Waals surface area contributed by atoms with Crippen LogP contribution in [-0.4, -0.2) is 58.6 Å². The van der Waals surface area contributed by atoms with E-state index in [2.05, 4.69) is 41.1 Å². The van der Waals surface area contributed by atoms with Crippen molar-refractivity contribution >= 4 is 6.03 Å². The van der Waals surface area contributed by atoms with E-state index in [4.69, 9.17) is 4.74 Å². The Morgan fingerprint density at radius 3 is 2.50 bits per heavy atom. The molecule has 1 fully saturated rings. The molecule has 0 radical (unpaired) electrons. The van der Waals surface area contributed by atoms with Gasteiger partial charge in [0.15, 0.2) is 0 Å². The third-order valence-electron chi connectivity index (χ3n) is 5.27. The largest absolute Gasteiger partial charge is 0.493 e. The molecule has 1 aromatic carbocycles. The van der Waals surface area contributed by atoms with E-state index in [1.165, 1.54) is 0 Å². The molecule has 0 spiro atoms. The van der Waals surface area contributed by atoms with Crippen molar-refractivity contribution < 1.29 is 9.53 Å². The highest BCUT2D eigenvalue weighted by Crippen LogP contribution is 2.18. The molecule has 1 N–H and O–H groups in total. The van der Waals surface area contributed by atoms with Gasteiger partial charge in [0, 0.05) is 25.0 Å². The van der Waals surface area contributed by atoms with Crippen LogP contribution >= 0.6 is 0 Å². The van der Waals surface area contributed by atoms with Crippen LogP contribution in [-0.2, 0) is 13.1 Å². The molecule has 3 rings (SSSR count). The second-order valence-electron chi connectivity index (χ2n) is 8.33. The third kappa shape index (κ3) is 6.69. The second kappa shape index (κ2) is 10.9. The molecule has 162 valence electrons. The van der Waals surface area contributed by atoms with E-state index >= 15 is 0 Å². The van der Waals surface area contributed by atoms with Gasteiger partial charge in [-0.1, -0.05) is 26.0 Å². The van der Waals surface area contributed by atoms with Crippen LogP contribution < -0.4 is 10.1 Å². The molecule has 1 saturated heterocycles. The second-order valence-corrected chi connectivity index (χ2v) is 8.33. The minimum absolute atomic E-state index is 0.0721. The first-order chi connectivity index (χ1) is 14.5. The zero-order valence-corrected chi connectivity index (χ0v) is 18.3. The highest BCUT2D eigenvalue weighted by Gasteiger charge is 2.27. The lowest BCUT2D eigenvalue weighted by atomic mass is 10.0. The smallest absolute Gasteiger partial charge is 0.318 e. The SMILES string of the molecule is CC(C)COc1ccc(CNC(=O)N(Cc2ncccn2)C2CCN(C)CC2)cc1. The molecule has 0 bridgehead atoms. The summed E-state index contributed by atoms with van der Waals surface area (Å²) in [4.78, 5) is 25.9. The quantitative estimate of drug-likeness (QED) is 0.722. The summed E-state index contributed by atoms with van der Waals surface area (Å²) in [6.45, 7) is 7.82. The molecular weight excluding hydrogens is 378 g/mol. The highest BCUT2D eigenvalue weighted by molar-refractivity contribution is 5.74. The van der Waals surface area contributed by atoms with Crippen molar-refractivity contribution in [3.05, 3.63) is 54.1 Å². The third-order valence-corrected chi connectivity index (χ3v) is 5.27. The Balaban J connectivity index is 1.59. The topological polar surface area (TPSA) is 70.6 Å². The van der Waals surface area contributed by atoms with Crippen molar-refractivity contribution in [3.63, 3.8) is 0 Å². The maximum atomic E-state index is 13.1. The number of likely N-dealkylation sites (tertiary alicyclic amines) is 1. The number of nitrogens with one attached hydrogen (secondary N) is 1. The predicted molar refractivity (Wildman–Crippen MR) is 117 cm³/mol. The first kappa shape index (κ1) is 22.0. The normalized spacial score (nSPS) is 15.2. The lowest BCUT2D eigenvalue weighted by Crippen LogP contribution is -2.49. The molecule has 7 heteroatoms. The molecule has 1 aliphatic heterocycles. The molecule has 1 aliphatic rings. The van der Waals surface area contributed by atoms with Crippen molar-refractivity contribution in [3.8, 4) is 5.75 Å². The first-order valence-corrected chi connectivity index (χ1v) is 10.7. The van der Waals surface area contributed by atoms with Gasteiger partial charge >= 0.3 is 6.03 Å². The van der Waals surface area contributed by atoms with Gasteiger partial charge < -0.3 is 19.9 Å². The van der Waals surface area contributed by atoms with Crippen LogP contribution in [0.15, 0.2) is 42.7 Å². The number of hydrogen-bond donors (Lipinski definition) is 1. The molecule has 0 atom stereocenters. The Morgan fingerprint density at radius 1 is 1.20 bits per heavy atom. The van der Waals surface area contributed by atoms with Crippen LogP contribution in [0.5, 0.6) is 5.75 Å². The average molecular weight is 412 g/mol. The summed E-state index contributed by atoms with van der Waals surface area (Å²) < 4.78 is 5.73. The van der Waals surface area contributed by atoms with Gasteiger partial charge in [-0.2, -0.15) is 0 Å². The van der Waals surface area contributed by atoms with Crippen LogP contribution in [0.2, 0.25) is 0 Å². The van der Waals surface area contributed by atoms with Gasteiger partial charge in [0.05, 0.1) is 13.2 Å². The number of amides is 2. The van der Waals surface area contributed by atoms with Gasteiger partial charge in [0.25, 0.3) is 0 Å². The molecule has 2 aromatic rings. The summed E-state index contributed by atoms with van der Waals surface area (Å²) in [5.74, 6) is 2.01.